The zero-order valence-corrected chi connectivity index (χ0v) is 8.74. The van der Waals surface area contributed by atoms with Crippen molar-refractivity contribution in [2.24, 2.45) is 11.5 Å². The second kappa shape index (κ2) is 8.19. The van der Waals surface area contributed by atoms with Crippen LogP contribution in [0, 0.1) is 0 Å². The van der Waals surface area contributed by atoms with Gasteiger partial charge in [0.25, 0.3) is 0 Å². The molecule has 0 aromatic rings. The van der Waals surface area contributed by atoms with Gasteiger partial charge >= 0.3 is 5.97 Å². The molecular weight excluding hydrogens is 198 g/mol. The van der Waals surface area contributed by atoms with Crippen LogP contribution in [0.3, 0.4) is 0 Å². The lowest BCUT2D eigenvalue weighted by Gasteiger charge is -2.10. The Labute approximate surface area is 89.0 Å². The molecule has 0 bridgehead atoms. The predicted molar refractivity (Wildman–Crippen MR) is 56.1 cm³/mol. The van der Waals surface area contributed by atoms with Crippen molar-refractivity contribution < 1.29 is 14.7 Å². The normalized spacial score (nSPS) is 12.1. The second-order valence-corrected chi connectivity index (χ2v) is 3.33. The summed E-state index contributed by atoms with van der Waals surface area (Å²) in [7, 11) is 0. The van der Waals surface area contributed by atoms with Crippen molar-refractivity contribution in [2.45, 2.75) is 31.7 Å². The third-order valence-electron chi connectivity index (χ3n) is 1.94. The maximum absolute atomic E-state index is 11.3. The van der Waals surface area contributed by atoms with E-state index in [1.54, 1.807) is 0 Å². The summed E-state index contributed by atoms with van der Waals surface area (Å²) < 4.78 is 0. The molecule has 0 rings (SSSR count). The van der Waals surface area contributed by atoms with E-state index in [1.165, 1.54) is 0 Å². The van der Waals surface area contributed by atoms with Crippen LogP contribution in [-0.4, -0.2) is 36.1 Å². The summed E-state index contributed by atoms with van der Waals surface area (Å²) in [6.45, 7) is 0.714. The maximum atomic E-state index is 11.3. The van der Waals surface area contributed by atoms with Gasteiger partial charge in [0.15, 0.2) is 0 Å². The molecule has 88 valence electrons. The minimum absolute atomic E-state index is 0.0821. The van der Waals surface area contributed by atoms with Crippen molar-refractivity contribution in [3.05, 3.63) is 0 Å². The Balaban J connectivity index is 3.55. The summed E-state index contributed by atoms with van der Waals surface area (Å²) in [4.78, 5) is 21.4. The first-order valence-corrected chi connectivity index (χ1v) is 5.03. The van der Waals surface area contributed by atoms with Crippen molar-refractivity contribution in [3.63, 3.8) is 0 Å². The molecule has 6 heteroatoms. The average Bonchev–Trinajstić information content (AvgIpc) is 2.17. The van der Waals surface area contributed by atoms with Gasteiger partial charge in [-0.05, 0) is 19.4 Å². The fourth-order valence-corrected chi connectivity index (χ4v) is 1.06. The summed E-state index contributed by atoms with van der Waals surface area (Å²) in [6.07, 6.45) is 2.15. The van der Waals surface area contributed by atoms with Crippen LogP contribution < -0.4 is 16.8 Å². The SMILES string of the molecule is NCCCC[C@@H](N)C(=O)NCCC(=O)O. The molecule has 1 atom stereocenters. The maximum Gasteiger partial charge on any atom is 0.305 e. The van der Waals surface area contributed by atoms with Gasteiger partial charge in [0.2, 0.25) is 5.91 Å². The van der Waals surface area contributed by atoms with E-state index in [2.05, 4.69) is 5.32 Å². The molecule has 0 aromatic carbocycles. The Bertz CT molecular complexity index is 209. The number of rotatable bonds is 8. The van der Waals surface area contributed by atoms with E-state index < -0.39 is 12.0 Å². The van der Waals surface area contributed by atoms with Crippen molar-refractivity contribution >= 4 is 11.9 Å². The van der Waals surface area contributed by atoms with Gasteiger partial charge in [0.1, 0.15) is 0 Å². The molecule has 0 aliphatic carbocycles. The molecule has 0 aliphatic rings. The fourth-order valence-electron chi connectivity index (χ4n) is 1.06. The number of aliphatic carboxylic acids is 1. The number of hydrogen-bond donors (Lipinski definition) is 4. The van der Waals surface area contributed by atoms with Crippen LogP contribution in [0.4, 0.5) is 0 Å². The van der Waals surface area contributed by atoms with Gasteiger partial charge in [-0.25, -0.2) is 0 Å². The number of amides is 1. The number of carbonyl (C=O) groups is 2. The Hall–Kier alpha value is -1.14. The summed E-state index contributed by atoms with van der Waals surface area (Å²) in [5, 5.41) is 10.8. The smallest absolute Gasteiger partial charge is 0.305 e. The molecule has 0 heterocycles. The molecule has 1 amide bonds. The zero-order chi connectivity index (χ0) is 11.7. The molecule has 0 aliphatic heterocycles. The van der Waals surface area contributed by atoms with Crippen LogP contribution >= 0.6 is 0 Å². The first-order chi connectivity index (χ1) is 7.07. The third kappa shape index (κ3) is 7.90. The fraction of sp³-hybridized carbons (Fsp3) is 0.778. The summed E-state index contributed by atoms with van der Waals surface area (Å²) in [5.41, 5.74) is 10.9. The largest absolute Gasteiger partial charge is 0.481 e. The monoisotopic (exact) mass is 217 g/mol. The van der Waals surface area contributed by atoms with Gasteiger partial charge in [-0.1, -0.05) is 6.42 Å². The number of carboxylic acids is 1. The van der Waals surface area contributed by atoms with Crippen LogP contribution in [0.25, 0.3) is 0 Å². The predicted octanol–water partition coefficient (Wildman–Crippen LogP) is -0.966. The van der Waals surface area contributed by atoms with E-state index in [-0.39, 0.29) is 18.9 Å². The van der Waals surface area contributed by atoms with Crippen LogP contribution in [-0.2, 0) is 9.59 Å². The number of unbranched alkanes of at least 4 members (excludes halogenated alkanes) is 1. The van der Waals surface area contributed by atoms with Gasteiger partial charge in [-0.2, -0.15) is 0 Å². The van der Waals surface area contributed by atoms with E-state index in [0.29, 0.717) is 13.0 Å². The first-order valence-electron chi connectivity index (χ1n) is 5.03. The van der Waals surface area contributed by atoms with Crippen LogP contribution in [0.2, 0.25) is 0 Å². The van der Waals surface area contributed by atoms with Crippen LogP contribution in [0.5, 0.6) is 0 Å². The Morgan fingerprint density at radius 1 is 1.33 bits per heavy atom. The molecule has 6 nitrogen and oxygen atoms in total. The van der Waals surface area contributed by atoms with Crippen molar-refractivity contribution in [2.75, 3.05) is 13.1 Å². The number of nitrogens with two attached hydrogens (primary N) is 2. The van der Waals surface area contributed by atoms with Gasteiger partial charge < -0.3 is 21.9 Å². The lowest BCUT2D eigenvalue weighted by molar-refractivity contribution is -0.136. The number of carboxylic acid groups (broad SMARTS) is 1. The Morgan fingerprint density at radius 3 is 2.53 bits per heavy atom. The average molecular weight is 217 g/mol. The van der Waals surface area contributed by atoms with E-state index in [4.69, 9.17) is 16.6 Å². The Morgan fingerprint density at radius 2 is 2.00 bits per heavy atom. The van der Waals surface area contributed by atoms with E-state index in [9.17, 15) is 9.59 Å². The quantitative estimate of drug-likeness (QED) is 0.390. The third-order valence-corrected chi connectivity index (χ3v) is 1.94. The summed E-state index contributed by atoms with van der Waals surface area (Å²) in [6, 6.07) is -0.564. The highest BCUT2D eigenvalue weighted by Gasteiger charge is 2.12. The molecule has 0 spiro atoms. The Kier molecular flexibility index (Phi) is 7.57. The molecule has 6 N–H and O–H groups in total. The zero-order valence-electron chi connectivity index (χ0n) is 8.74. The highest BCUT2D eigenvalue weighted by molar-refractivity contribution is 5.81. The van der Waals surface area contributed by atoms with Gasteiger partial charge in [0.05, 0.1) is 12.5 Å². The van der Waals surface area contributed by atoms with Gasteiger partial charge in [-0.3, -0.25) is 9.59 Å². The number of hydrogen-bond acceptors (Lipinski definition) is 4. The molecule has 0 unspecified atom stereocenters. The summed E-state index contributed by atoms with van der Waals surface area (Å²) in [5.74, 6) is -1.24. The highest BCUT2D eigenvalue weighted by Crippen LogP contribution is 1.97. The van der Waals surface area contributed by atoms with E-state index in [0.717, 1.165) is 12.8 Å². The highest BCUT2D eigenvalue weighted by atomic mass is 16.4. The molecule has 0 saturated carbocycles. The van der Waals surface area contributed by atoms with E-state index >= 15 is 0 Å². The van der Waals surface area contributed by atoms with Gasteiger partial charge in [-0.15, -0.1) is 0 Å². The van der Waals surface area contributed by atoms with E-state index in [1.807, 2.05) is 0 Å². The molecule has 0 radical (unpaired) electrons. The summed E-state index contributed by atoms with van der Waals surface area (Å²) >= 11 is 0. The van der Waals surface area contributed by atoms with Crippen molar-refractivity contribution in [1.82, 2.24) is 5.32 Å². The molecule has 0 fully saturated rings. The standard InChI is InChI=1S/C9H19N3O3/c10-5-2-1-3-7(11)9(15)12-6-4-8(13)14/h7H,1-6,10-11H2,(H,12,15)(H,13,14)/t7-/m1/s1. The van der Waals surface area contributed by atoms with Gasteiger partial charge in [0, 0.05) is 6.54 Å². The van der Waals surface area contributed by atoms with Crippen LogP contribution in [0.1, 0.15) is 25.7 Å². The topological polar surface area (TPSA) is 118 Å². The van der Waals surface area contributed by atoms with Crippen molar-refractivity contribution in [1.29, 1.82) is 0 Å². The van der Waals surface area contributed by atoms with Crippen molar-refractivity contribution in [3.8, 4) is 0 Å². The minimum atomic E-state index is -0.938. The first kappa shape index (κ1) is 13.9. The number of nitrogens with one attached hydrogen (secondary N) is 1. The molecular formula is C9H19N3O3. The molecule has 0 aromatic heterocycles. The van der Waals surface area contributed by atoms with Crippen LogP contribution in [0.15, 0.2) is 0 Å². The number of carbonyl (C=O) groups excluding carboxylic acids is 1. The molecule has 15 heavy (non-hydrogen) atoms. The second-order valence-electron chi connectivity index (χ2n) is 3.33. The molecule has 0 saturated heterocycles. The lowest BCUT2D eigenvalue weighted by Crippen LogP contribution is -2.41. The lowest BCUT2D eigenvalue weighted by atomic mass is 10.1. The minimum Gasteiger partial charge on any atom is -0.481 e.